The molecule has 17 heavy (non-hydrogen) atoms. The Balaban J connectivity index is 0.00000256. The van der Waals surface area contributed by atoms with Crippen molar-refractivity contribution in [1.82, 2.24) is 0 Å². The molecule has 1 aromatic rings. The molecule has 0 bridgehead atoms. The lowest BCUT2D eigenvalue weighted by molar-refractivity contribution is -0.138. The van der Waals surface area contributed by atoms with Crippen LogP contribution in [0.2, 0.25) is 0 Å². The molecule has 0 unspecified atom stereocenters. The van der Waals surface area contributed by atoms with Crippen LogP contribution in [0.4, 0.5) is 17.6 Å². The second-order valence-electron chi connectivity index (χ2n) is 3.59. The first-order valence-corrected chi connectivity index (χ1v) is 4.99. The zero-order valence-electron chi connectivity index (χ0n) is 9.22. The lowest BCUT2D eigenvalue weighted by atomic mass is 9.97. The molecule has 0 spiro atoms. The van der Waals surface area contributed by atoms with Gasteiger partial charge in [0, 0.05) is 11.6 Å². The predicted octanol–water partition coefficient (Wildman–Crippen LogP) is 4.07. The second-order valence-corrected chi connectivity index (χ2v) is 3.59. The van der Waals surface area contributed by atoms with Gasteiger partial charge in [0.2, 0.25) is 0 Å². The van der Waals surface area contributed by atoms with Crippen molar-refractivity contribution in [2.24, 2.45) is 5.73 Å². The molecule has 0 saturated heterocycles. The van der Waals surface area contributed by atoms with Crippen molar-refractivity contribution in [1.29, 1.82) is 0 Å². The van der Waals surface area contributed by atoms with E-state index >= 15 is 0 Å². The van der Waals surface area contributed by atoms with Crippen LogP contribution in [0.5, 0.6) is 0 Å². The summed E-state index contributed by atoms with van der Waals surface area (Å²) in [4.78, 5) is 0. The number of nitrogens with two attached hydrogens (primary N) is 1. The third kappa shape index (κ3) is 3.85. The second kappa shape index (κ2) is 6.21. The summed E-state index contributed by atoms with van der Waals surface area (Å²) in [6.07, 6.45) is -3.64. The van der Waals surface area contributed by atoms with E-state index in [1.54, 1.807) is 6.92 Å². The fourth-order valence-electron chi connectivity index (χ4n) is 1.62. The molecule has 2 N–H and O–H groups in total. The Morgan fingerprint density at radius 3 is 2.35 bits per heavy atom. The first-order chi connectivity index (χ1) is 7.38. The van der Waals surface area contributed by atoms with Crippen molar-refractivity contribution in [2.75, 3.05) is 0 Å². The standard InChI is InChI=1S/C11H13F4N.ClH/c1-2-4-9(16)10-7(11(13,14)15)5-3-6-8(10)12;/h3,5-6,9H,2,4,16H2,1H3;1H/t9-;/m1./s1. The van der Waals surface area contributed by atoms with Gasteiger partial charge < -0.3 is 5.73 Å². The van der Waals surface area contributed by atoms with E-state index in [0.717, 1.165) is 18.2 Å². The van der Waals surface area contributed by atoms with E-state index in [1.165, 1.54) is 0 Å². The normalized spacial score (nSPS) is 13.1. The molecule has 1 nitrogen and oxygen atoms in total. The molecular formula is C11H14ClF4N. The third-order valence-corrected chi connectivity index (χ3v) is 2.33. The number of rotatable bonds is 3. The summed E-state index contributed by atoms with van der Waals surface area (Å²) in [5, 5.41) is 0. The molecule has 98 valence electrons. The van der Waals surface area contributed by atoms with Crippen molar-refractivity contribution < 1.29 is 17.6 Å². The summed E-state index contributed by atoms with van der Waals surface area (Å²) < 4.78 is 51.2. The summed E-state index contributed by atoms with van der Waals surface area (Å²) in [6.45, 7) is 1.79. The Labute approximate surface area is 103 Å². The van der Waals surface area contributed by atoms with E-state index in [1.807, 2.05) is 0 Å². The van der Waals surface area contributed by atoms with Gasteiger partial charge in [0.25, 0.3) is 0 Å². The highest BCUT2D eigenvalue weighted by atomic mass is 35.5. The average Bonchev–Trinajstić information content (AvgIpc) is 2.16. The van der Waals surface area contributed by atoms with Crippen LogP contribution in [0, 0.1) is 5.82 Å². The summed E-state index contributed by atoms with van der Waals surface area (Å²) in [7, 11) is 0. The molecule has 6 heteroatoms. The van der Waals surface area contributed by atoms with Gasteiger partial charge in [-0.15, -0.1) is 12.4 Å². The summed E-state index contributed by atoms with van der Waals surface area (Å²) in [5.74, 6) is -0.893. The Kier molecular flexibility index (Phi) is 5.92. The van der Waals surface area contributed by atoms with Gasteiger partial charge in [-0.1, -0.05) is 19.4 Å². The summed E-state index contributed by atoms with van der Waals surface area (Å²) in [6, 6.07) is 1.98. The molecular weight excluding hydrogens is 258 g/mol. The minimum atomic E-state index is -4.57. The highest BCUT2D eigenvalue weighted by Crippen LogP contribution is 2.36. The van der Waals surface area contributed by atoms with E-state index in [4.69, 9.17) is 5.73 Å². The molecule has 0 saturated carbocycles. The number of halogens is 5. The molecule has 1 rings (SSSR count). The SMILES string of the molecule is CCC[C@@H](N)c1c(F)cccc1C(F)(F)F.Cl. The van der Waals surface area contributed by atoms with Crippen LogP contribution < -0.4 is 5.73 Å². The molecule has 0 heterocycles. The smallest absolute Gasteiger partial charge is 0.324 e. The highest BCUT2D eigenvalue weighted by molar-refractivity contribution is 5.85. The Bertz CT molecular complexity index is 365. The third-order valence-electron chi connectivity index (χ3n) is 2.33. The number of alkyl halides is 3. The van der Waals surface area contributed by atoms with Crippen LogP contribution in [-0.4, -0.2) is 0 Å². The monoisotopic (exact) mass is 271 g/mol. The zero-order valence-corrected chi connectivity index (χ0v) is 10.0. The molecule has 0 aromatic heterocycles. The number of benzene rings is 1. The largest absolute Gasteiger partial charge is 0.416 e. The molecule has 0 fully saturated rings. The number of hydrogen-bond donors (Lipinski definition) is 1. The number of hydrogen-bond acceptors (Lipinski definition) is 1. The maximum absolute atomic E-state index is 13.4. The maximum atomic E-state index is 13.4. The van der Waals surface area contributed by atoms with Gasteiger partial charge in [-0.2, -0.15) is 13.2 Å². The summed E-state index contributed by atoms with van der Waals surface area (Å²) >= 11 is 0. The Hall–Kier alpha value is -0.810. The molecule has 0 radical (unpaired) electrons. The van der Waals surface area contributed by atoms with Crippen molar-refractivity contribution >= 4 is 12.4 Å². The van der Waals surface area contributed by atoms with Crippen molar-refractivity contribution in [3.05, 3.63) is 35.1 Å². The first-order valence-electron chi connectivity index (χ1n) is 4.99. The maximum Gasteiger partial charge on any atom is 0.416 e. The molecule has 0 aliphatic carbocycles. The summed E-state index contributed by atoms with van der Waals surface area (Å²) in [5.41, 5.74) is 4.15. The van der Waals surface area contributed by atoms with E-state index in [9.17, 15) is 17.6 Å². The van der Waals surface area contributed by atoms with E-state index in [0.29, 0.717) is 12.8 Å². The quantitative estimate of drug-likeness (QED) is 0.824. The van der Waals surface area contributed by atoms with Gasteiger partial charge in [-0.3, -0.25) is 0 Å². The highest BCUT2D eigenvalue weighted by Gasteiger charge is 2.35. The minimum Gasteiger partial charge on any atom is -0.324 e. The van der Waals surface area contributed by atoms with Crippen LogP contribution >= 0.6 is 12.4 Å². The van der Waals surface area contributed by atoms with Crippen molar-refractivity contribution in [3.8, 4) is 0 Å². The average molecular weight is 272 g/mol. The molecule has 0 aliphatic heterocycles. The van der Waals surface area contributed by atoms with Gasteiger partial charge in [0.1, 0.15) is 5.82 Å². The van der Waals surface area contributed by atoms with Gasteiger partial charge >= 0.3 is 6.18 Å². The van der Waals surface area contributed by atoms with Crippen LogP contribution in [-0.2, 0) is 6.18 Å². The first kappa shape index (κ1) is 16.2. The molecule has 1 atom stereocenters. The lowest BCUT2D eigenvalue weighted by Crippen LogP contribution is -2.19. The Morgan fingerprint density at radius 1 is 1.29 bits per heavy atom. The van der Waals surface area contributed by atoms with E-state index in [-0.39, 0.29) is 12.4 Å². The van der Waals surface area contributed by atoms with Crippen molar-refractivity contribution in [2.45, 2.75) is 32.0 Å². The minimum absolute atomic E-state index is 0. The van der Waals surface area contributed by atoms with Crippen LogP contribution in [0.15, 0.2) is 18.2 Å². The van der Waals surface area contributed by atoms with Gasteiger partial charge in [0.15, 0.2) is 0 Å². The van der Waals surface area contributed by atoms with Gasteiger partial charge in [-0.05, 0) is 18.6 Å². The fourth-order valence-corrected chi connectivity index (χ4v) is 1.62. The van der Waals surface area contributed by atoms with Gasteiger partial charge in [-0.25, -0.2) is 4.39 Å². The van der Waals surface area contributed by atoms with Crippen LogP contribution in [0.25, 0.3) is 0 Å². The fraction of sp³-hybridized carbons (Fsp3) is 0.455. The van der Waals surface area contributed by atoms with E-state index < -0.39 is 29.2 Å². The van der Waals surface area contributed by atoms with E-state index in [2.05, 4.69) is 0 Å². The van der Waals surface area contributed by atoms with Crippen LogP contribution in [0.3, 0.4) is 0 Å². The zero-order chi connectivity index (χ0) is 12.3. The predicted molar refractivity (Wildman–Crippen MR) is 60.5 cm³/mol. The Morgan fingerprint density at radius 2 is 1.88 bits per heavy atom. The van der Waals surface area contributed by atoms with Crippen molar-refractivity contribution in [3.63, 3.8) is 0 Å². The van der Waals surface area contributed by atoms with Crippen LogP contribution in [0.1, 0.15) is 36.9 Å². The lowest BCUT2D eigenvalue weighted by Gasteiger charge is -2.18. The van der Waals surface area contributed by atoms with Gasteiger partial charge in [0.05, 0.1) is 5.56 Å². The molecule has 0 amide bonds. The molecule has 0 aliphatic rings. The topological polar surface area (TPSA) is 26.0 Å². The molecule has 1 aromatic carbocycles.